The first-order valence-corrected chi connectivity index (χ1v) is 19.0. The molecular formula is C39H43N5O12S. The van der Waals surface area contributed by atoms with E-state index in [4.69, 9.17) is 0 Å². The number of aromatic hydroxyl groups is 1. The van der Waals surface area contributed by atoms with Crippen molar-refractivity contribution in [2.75, 3.05) is 20.8 Å². The van der Waals surface area contributed by atoms with E-state index in [9.17, 15) is 59.4 Å². The predicted octanol–water partition coefficient (Wildman–Crippen LogP) is 0.180. The number of hydrogen-bond acceptors (Lipinski definition) is 14. The van der Waals surface area contributed by atoms with Gasteiger partial charge >= 0.3 is 5.97 Å². The van der Waals surface area contributed by atoms with Gasteiger partial charge in [0.1, 0.15) is 46.3 Å². The number of benzene rings is 2. The summed E-state index contributed by atoms with van der Waals surface area (Å²) in [6.07, 6.45) is -0.304. The number of phenolic OH excluding ortho intramolecular Hbond substituents is 1. The Morgan fingerprint density at radius 1 is 0.982 bits per heavy atom. The molecule has 0 spiro atoms. The zero-order chi connectivity index (χ0) is 41.7. The van der Waals surface area contributed by atoms with E-state index in [1.165, 1.54) is 60.8 Å². The molecular weight excluding hydrogens is 763 g/mol. The van der Waals surface area contributed by atoms with Gasteiger partial charge in [-0.05, 0) is 58.5 Å². The van der Waals surface area contributed by atoms with E-state index < -0.39 is 128 Å². The Morgan fingerprint density at radius 2 is 1.65 bits per heavy atom. The summed E-state index contributed by atoms with van der Waals surface area (Å²) < 4.78 is -0.825. The molecule has 2 aromatic rings. The first-order chi connectivity index (χ1) is 26.7. The molecule has 9 N–H and O–H groups in total. The summed E-state index contributed by atoms with van der Waals surface area (Å²) in [5.74, 6) is -10.9. The molecule has 5 aliphatic rings. The second-order valence-corrected chi connectivity index (χ2v) is 17.7. The lowest BCUT2D eigenvalue weighted by atomic mass is 9.54. The van der Waals surface area contributed by atoms with Gasteiger partial charge in [-0.15, -0.1) is 11.8 Å². The molecule has 2 aliphatic heterocycles. The molecule has 17 nitrogen and oxygen atoms in total. The fourth-order valence-electron chi connectivity index (χ4n) is 9.19. The van der Waals surface area contributed by atoms with Gasteiger partial charge in [0.15, 0.2) is 11.4 Å². The van der Waals surface area contributed by atoms with Gasteiger partial charge in [0.2, 0.25) is 17.6 Å². The minimum Gasteiger partial charge on any atom is -0.508 e. The van der Waals surface area contributed by atoms with Crippen LogP contribution in [0.2, 0.25) is 0 Å². The topological polar surface area (TPSA) is 266 Å². The average Bonchev–Trinajstić information content (AvgIpc) is 3.40. The quantitative estimate of drug-likeness (QED) is 0.0930. The minimum absolute atomic E-state index is 0.111. The molecule has 2 aromatic carbocycles. The van der Waals surface area contributed by atoms with E-state index in [1.807, 2.05) is 0 Å². The largest absolute Gasteiger partial charge is 0.508 e. The van der Waals surface area contributed by atoms with Crippen LogP contribution in [0.5, 0.6) is 5.75 Å². The van der Waals surface area contributed by atoms with E-state index in [0.717, 1.165) is 0 Å². The predicted molar refractivity (Wildman–Crippen MR) is 202 cm³/mol. The number of aliphatic hydroxyl groups excluding tert-OH is 2. The van der Waals surface area contributed by atoms with Gasteiger partial charge in [-0.1, -0.05) is 42.5 Å². The maximum atomic E-state index is 14.4. The molecule has 57 heavy (non-hydrogen) atoms. The van der Waals surface area contributed by atoms with Crippen LogP contribution in [-0.2, 0) is 34.4 Å². The van der Waals surface area contributed by atoms with Crippen LogP contribution >= 0.6 is 11.8 Å². The lowest BCUT2D eigenvalue weighted by Crippen LogP contribution is -2.71. The van der Waals surface area contributed by atoms with E-state index in [2.05, 4.69) is 16.0 Å². The highest BCUT2D eigenvalue weighted by Crippen LogP contribution is 2.57. The summed E-state index contributed by atoms with van der Waals surface area (Å²) in [6.45, 7) is 4.27. The zero-order valence-electron chi connectivity index (χ0n) is 31.5. The number of phenols is 1. The number of likely N-dealkylation sites (N-methyl/N-ethyl adjacent to an activating group) is 1. The highest BCUT2D eigenvalue weighted by Gasteiger charge is 2.67. The highest BCUT2D eigenvalue weighted by molar-refractivity contribution is 8.01. The number of thioether (sulfide) groups is 1. The van der Waals surface area contributed by atoms with Crippen LogP contribution in [0, 0.1) is 11.8 Å². The monoisotopic (exact) mass is 805 g/mol. The molecule has 0 aromatic heterocycles. The summed E-state index contributed by atoms with van der Waals surface area (Å²) in [6, 6.07) is 7.73. The number of nitrogens with one attached hydrogen (secondary N) is 3. The summed E-state index contributed by atoms with van der Waals surface area (Å²) in [5, 5.41) is 74.7. The smallest absolute Gasteiger partial charge is 0.327 e. The first kappa shape index (κ1) is 39.9. The van der Waals surface area contributed by atoms with Crippen molar-refractivity contribution in [1.29, 1.82) is 0 Å². The Kier molecular flexibility index (Phi) is 9.59. The molecule has 2 unspecified atom stereocenters. The number of aliphatic carboxylic acids is 1. The van der Waals surface area contributed by atoms with Crippen LogP contribution in [-0.4, -0.2) is 130 Å². The van der Waals surface area contributed by atoms with Gasteiger partial charge in [-0.25, -0.2) is 4.79 Å². The molecule has 1 saturated carbocycles. The number of rotatable bonds is 9. The molecule has 3 fully saturated rings. The van der Waals surface area contributed by atoms with E-state index >= 15 is 0 Å². The lowest BCUT2D eigenvalue weighted by molar-refractivity contribution is -0.161. The van der Waals surface area contributed by atoms with Crippen molar-refractivity contribution in [3.05, 3.63) is 82.1 Å². The summed E-state index contributed by atoms with van der Waals surface area (Å²) in [7, 11) is 2.95. The normalized spacial score (nSPS) is 31.9. The van der Waals surface area contributed by atoms with E-state index in [-0.39, 0.29) is 17.5 Å². The molecule has 3 amide bonds. The Bertz CT molecular complexity index is 2190. The maximum absolute atomic E-state index is 14.4. The number of nitrogens with zero attached hydrogens (tertiary/aromatic N) is 2. The number of carbonyl (C=O) groups is 6. The number of hydrogen-bond donors (Lipinski definition) is 9. The third-order valence-corrected chi connectivity index (χ3v) is 13.5. The second kappa shape index (κ2) is 13.7. The van der Waals surface area contributed by atoms with Crippen molar-refractivity contribution in [1.82, 2.24) is 25.8 Å². The maximum Gasteiger partial charge on any atom is 0.327 e. The number of fused-ring (bicyclic) bond motifs is 4. The Hall–Kier alpha value is -5.27. The third-order valence-electron chi connectivity index (χ3n) is 11.9. The fraction of sp³-hybridized carbons (Fsp3) is 0.436. The number of β-lactam (4-membered cyclic amide) rings is 1. The highest BCUT2D eigenvalue weighted by atomic mass is 32.2. The third kappa shape index (κ3) is 5.83. The number of carboxylic acid groups (broad SMARTS) is 1. The van der Waals surface area contributed by atoms with E-state index in [1.54, 1.807) is 44.2 Å². The Labute approximate surface area is 330 Å². The van der Waals surface area contributed by atoms with Crippen molar-refractivity contribution >= 4 is 52.8 Å². The standard InChI is InChI=1S/C39H43N5O12S/c1-37(2)29(36(53)54)44-34(52)25(35(44)57-37)42-33(51)24(16-10-7-6-8-11-16)40-15-41-32(50)23-28(47)26(43(4)5)19-14-18-22(30(48)39(19,56)31(23)49)27(46)21-17(38(18,3)55)12-9-13-20(21)45/h6-13,18-19,24-26,29,35,40,45-46,49,55-56H,14-15H2,1-5H3,(H,41,50)(H,42,51)(H,53,54)/t18?,19?,24-,25-,26+,29+,35-,38-,39+/m1/s1. The van der Waals surface area contributed by atoms with Crippen LogP contribution in [0.1, 0.15) is 49.9 Å². The van der Waals surface area contributed by atoms with Gasteiger partial charge in [0, 0.05) is 22.2 Å². The van der Waals surface area contributed by atoms with Crippen LogP contribution < -0.4 is 16.0 Å². The molecule has 302 valence electrons. The van der Waals surface area contributed by atoms with Gasteiger partial charge in [0.25, 0.3) is 5.91 Å². The minimum atomic E-state index is -2.93. The van der Waals surface area contributed by atoms with Crippen LogP contribution in [0.15, 0.2) is 65.4 Å². The van der Waals surface area contributed by atoms with Gasteiger partial charge in [0.05, 0.1) is 23.9 Å². The van der Waals surface area contributed by atoms with Crippen molar-refractivity contribution in [2.24, 2.45) is 11.8 Å². The van der Waals surface area contributed by atoms with Crippen LogP contribution in [0.3, 0.4) is 0 Å². The number of carboxylic acids is 1. The molecule has 2 saturated heterocycles. The Balaban J connectivity index is 1.15. The summed E-state index contributed by atoms with van der Waals surface area (Å²) in [4.78, 5) is 83.8. The molecule has 2 heterocycles. The Morgan fingerprint density at radius 3 is 2.28 bits per heavy atom. The van der Waals surface area contributed by atoms with Crippen molar-refractivity contribution in [3.8, 4) is 5.75 Å². The van der Waals surface area contributed by atoms with Gasteiger partial charge in [-0.2, -0.15) is 0 Å². The van der Waals surface area contributed by atoms with Crippen molar-refractivity contribution in [2.45, 2.75) is 72.7 Å². The molecule has 18 heteroatoms. The summed E-state index contributed by atoms with van der Waals surface area (Å²) >= 11 is 1.25. The first-order valence-electron chi connectivity index (χ1n) is 18.2. The van der Waals surface area contributed by atoms with Gasteiger partial charge in [-0.3, -0.25) is 34.2 Å². The van der Waals surface area contributed by atoms with Crippen molar-refractivity contribution < 1.29 is 59.4 Å². The second-order valence-electron chi connectivity index (χ2n) is 15.9. The SMILES string of the molecule is CN(C)[C@@H]1C(=O)C(C(=O)NCN[C@@H](C(=O)N[C@@H]2C(=O)N3[C@@H]2SC(C)(C)[C@@H]3C(=O)O)c2ccccc2)=C(O)[C@@]2(O)C(=O)C3=C(O)c4c(O)cccc4[C@@](C)(O)C3CC12. The number of aliphatic hydroxyl groups is 4. The number of Topliss-reactive ketones (excluding diaryl/α,β-unsaturated/α-hetero) is 2. The molecule has 3 aliphatic carbocycles. The van der Waals surface area contributed by atoms with Gasteiger partial charge < -0.3 is 46.2 Å². The fourth-order valence-corrected chi connectivity index (χ4v) is 10.8. The zero-order valence-corrected chi connectivity index (χ0v) is 32.3. The number of carbonyl (C=O) groups excluding carboxylic acids is 5. The molecule has 9 atom stereocenters. The molecule has 0 radical (unpaired) electrons. The number of amides is 3. The van der Waals surface area contributed by atoms with Crippen LogP contribution in [0.4, 0.5) is 0 Å². The molecule has 0 bridgehead atoms. The van der Waals surface area contributed by atoms with Crippen LogP contribution in [0.25, 0.3) is 5.76 Å². The van der Waals surface area contributed by atoms with Crippen molar-refractivity contribution in [3.63, 3.8) is 0 Å². The number of ketones is 2. The van der Waals surface area contributed by atoms with E-state index in [0.29, 0.717) is 5.56 Å². The molecule has 7 rings (SSSR count). The average molecular weight is 806 g/mol. The lowest BCUT2D eigenvalue weighted by Gasteiger charge is -2.53. The summed E-state index contributed by atoms with van der Waals surface area (Å²) in [5.41, 5.74) is -5.95.